The van der Waals surface area contributed by atoms with Crippen molar-refractivity contribution >= 4 is 34.7 Å². The standard InChI is InChI=1S/C16H24N2S2/c1-3-20-14-10-6-9-13(15(14)16(17)19)18-11(2)12-7-4-5-8-12/h6,9-12,18H,3-5,7-8H2,1-2H3,(H2,17,19). The molecule has 1 aliphatic carbocycles. The minimum Gasteiger partial charge on any atom is -0.389 e. The molecule has 1 aromatic carbocycles. The molecule has 3 N–H and O–H groups in total. The molecule has 0 spiro atoms. The smallest absolute Gasteiger partial charge is 0.107 e. The SMILES string of the molecule is CCSc1cccc(NC(C)C2CCCC2)c1C(N)=S. The van der Waals surface area contributed by atoms with Crippen molar-refractivity contribution in [3.63, 3.8) is 0 Å². The van der Waals surface area contributed by atoms with Gasteiger partial charge in [0.05, 0.1) is 0 Å². The Bertz CT molecular complexity index is 468. The van der Waals surface area contributed by atoms with Crippen LogP contribution in [0.4, 0.5) is 5.69 Å². The molecule has 1 saturated carbocycles. The maximum Gasteiger partial charge on any atom is 0.107 e. The molecule has 20 heavy (non-hydrogen) atoms. The molecule has 0 aliphatic heterocycles. The van der Waals surface area contributed by atoms with Gasteiger partial charge >= 0.3 is 0 Å². The van der Waals surface area contributed by atoms with E-state index < -0.39 is 0 Å². The largest absolute Gasteiger partial charge is 0.389 e. The number of benzene rings is 1. The summed E-state index contributed by atoms with van der Waals surface area (Å²) in [6, 6.07) is 6.77. The van der Waals surface area contributed by atoms with Crippen molar-refractivity contribution in [2.45, 2.75) is 50.5 Å². The van der Waals surface area contributed by atoms with E-state index in [1.807, 2.05) is 0 Å². The molecule has 0 aromatic heterocycles. The average molecular weight is 309 g/mol. The van der Waals surface area contributed by atoms with Gasteiger partial charge in [0, 0.05) is 22.2 Å². The summed E-state index contributed by atoms with van der Waals surface area (Å²) >= 11 is 7.06. The van der Waals surface area contributed by atoms with Crippen LogP contribution in [-0.4, -0.2) is 16.8 Å². The number of hydrogen-bond donors (Lipinski definition) is 2. The first-order chi connectivity index (χ1) is 9.63. The van der Waals surface area contributed by atoms with Crippen LogP contribution in [0.2, 0.25) is 0 Å². The van der Waals surface area contributed by atoms with Crippen LogP contribution in [-0.2, 0) is 0 Å². The molecule has 1 atom stereocenters. The van der Waals surface area contributed by atoms with Crippen molar-refractivity contribution in [3.05, 3.63) is 23.8 Å². The molecule has 0 heterocycles. The minimum absolute atomic E-state index is 0.479. The van der Waals surface area contributed by atoms with Gasteiger partial charge in [0.25, 0.3) is 0 Å². The summed E-state index contributed by atoms with van der Waals surface area (Å²) in [5.74, 6) is 1.80. The van der Waals surface area contributed by atoms with Crippen LogP contribution < -0.4 is 11.1 Å². The van der Waals surface area contributed by atoms with Gasteiger partial charge in [-0.2, -0.15) is 0 Å². The summed E-state index contributed by atoms with van der Waals surface area (Å²) in [5.41, 5.74) is 8.06. The van der Waals surface area contributed by atoms with Gasteiger partial charge in [0.1, 0.15) is 4.99 Å². The zero-order valence-electron chi connectivity index (χ0n) is 12.3. The van der Waals surface area contributed by atoms with Crippen LogP contribution in [0.3, 0.4) is 0 Å². The van der Waals surface area contributed by atoms with E-state index in [0.29, 0.717) is 11.0 Å². The highest BCUT2D eigenvalue weighted by molar-refractivity contribution is 7.99. The molecule has 4 heteroatoms. The van der Waals surface area contributed by atoms with Crippen molar-refractivity contribution in [2.24, 2.45) is 11.7 Å². The molecule has 1 aliphatic rings. The summed E-state index contributed by atoms with van der Waals surface area (Å²) < 4.78 is 0. The maximum atomic E-state index is 5.95. The molecule has 2 nitrogen and oxygen atoms in total. The van der Waals surface area contributed by atoms with Gasteiger partial charge in [0.2, 0.25) is 0 Å². The van der Waals surface area contributed by atoms with Gasteiger partial charge < -0.3 is 11.1 Å². The monoisotopic (exact) mass is 308 g/mol. The molecular weight excluding hydrogens is 284 g/mol. The number of nitrogens with one attached hydrogen (secondary N) is 1. The fourth-order valence-electron chi connectivity index (χ4n) is 3.00. The van der Waals surface area contributed by atoms with Gasteiger partial charge in [0.15, 0.2) is 0 Å². The van der Waals surface area contributed by atoms with E-state index in [9.17, 15) is 0 Å². The van der Waals surface area contributed by atoms with Crippen LogP contribution in [0.5, 0.6) is 0 Å². The Balaban J connectivity index is 2.21. The first-order valence-electron chi connectivity index (χ1n) is 7.45. The summed E-state index contributed by atoms with van der Waals surface area (Å²) in [5, 5.41) is 3.65. The predicted octanol–water partition coefficient (Wildman–Crippen LogP) is 4.42. The molecule has 110 valence electrons. The van der Waals surface area contributed by atoms with Crippen molar-refractivity contribution in [2.75, 3.05) is 11.1 Å². The molecule has 2 rings (SSSR count). The van der Waals surface area contributed by atoms with Crippen LogP contribution in [0.1, 0.15) is 45.1 Å². The maximum absolute atomic E-state index is 5.95. The summed E-state index contributed by atoms with van der Waals surface area (Å²) in [6.07, 6.45) is 5.40. The summed E-state index contributed by atoms with van der Waals surface area (Å²) in [4.78, 5) is 1.67. The van der Waals surface area contributed by atoms with Gasteiger partial charge in [-0.25, -0.2) is 0 Å². The number of anilines is 1. The fourth-order valence-corrected chi connectivity index (χ4v) is 4.14. The zero-order valence-corrected chi connectivity index (χ0v) is 13.9. The number of rotatable bonds is 6. The lowest BCUT2D eigenvalue weighted by molar-refractivity contribution is 0.482. The Labute approximate surface area is 131 Å². The Kier molecular flexibility index (Phi) is 5.73. The third kappa shape index (κ3) is 3.67. The van der Waals surface area contributed by atoms with Gasteiger partial charge in [-0.15, -0.1) is 11.8 Å². The lowest BCUT2D eigenvalue weighted by atomic mass is 9.99. The number of hydrogen-bond acceptors (Lipinski definition) is 3. The van der Waals surface area contributed by atoms with Crippen molar-refractivity contribution in [1.82, 2.24) is 0 Å². The number of nitrogens with two attached hydrogens (primary N) is 1. The van der Waals surface area contributed by atoms with Crippen molar-refractivity contribution < 1.29 is 0 Å². The molecule has 1 aromatic rings. The second kappa shape index (κ2) is 7.32. The summed E-state index contributed by atoms with van der Waals surface area (Å²) in [7, 11) is 0. The molecule has 1 unspecified atom stereocenters. The number of thioether (sulfide) groups is 1. The minimum atomic E-state index is 0.479. The average Bonchev–Trinajstić information content (AvgIpc) is 2.92. The van der Waals surface area contributed by atoms with E-state index in [-0.39, 0.29) is 0 Å². The molecule has 0 radical (unpaired) electrons. The molecule has 0 amide bonds. The topological polar surface area (TPSA) is 38.0 Å². The molecule has 1 fully saturated rings. The van der Waals surface area contributed by atoms with E-state index in [1.165, 1.54) is 30.6 Å². The fraction of sp³-hybridized carbons (Fsp3) is 0.562. The third-order valence-corrected chi connectivity index (χ3v) is 5.21. The van der Waals surface area contributed by atoms with E-state index >= 15 is 0 Å². The third-order valence-electron chi connectivity index (χ3n) is 4.06. The lowest BCUT2D eigenvalue weighted by Crippen LogP contribution is -2.26. The molecular formula is C16H24N2S2. The first kappa shape index (κ1) is 15.6. The van der Waals surface area contributed by atoms with Crippen LogP contribution in [0, 0.1) is 5.92 Å². The Morgan fingerprint density at radius 3 is 2.75 bits per heavy atom. The quantitative estimate of drug-likeness (QED) is 0.602. The van der Waals surface area contributed by atoms with Gasteiger partial charge in [-0.05, 0) is 43.6 Å². The van der Waals surface area contributed by atoms with E-state index in [0.717, 1.165) is 22.9 Å². The first-order valence-corrected chi connectivity index (χ1v) is 8.85. The Hall–Kier alpha value is -0.740. The number of thiocarbonyl (C=S) groups is 1. The summed E-state index contributed by atoms with van der Waals surface area (Å²) in [6.45, 7) is 4.42. The van der Waals surface area contributed by atoms with Crippen molar-refractivity contribution in [1.29, 1.82) is 0 Å². The second-order valence-electron chi connectivity index (χ2n) is 5.45. The normalized spacial score (nSPS) is 17.1. The van der Waals surface area contributed by atoms with Gasteiger partial charge in [-0.1, -0.05) is 38.0 Å². The van der Waals surface area contributed by atoms with Crippen LogP contribution >= 0.6 is 24.0 Å². The lowest BCUT2D eigenvalue weighted by Gasteiger charge is -2.24. The van der Waals surface area contributed by atoms with Crippen molar-refractivity contribution in [3.8, 4) is 0 Å². The molecule has 0 saturated heterocycles. The van der Waals surface area contributed by atoms with E-state index in [1.54, 1.807) is 11.8 Å². The molecule has 0 bridgehead atoms. The highest BCUT2D eigenvalue weighted by atomic mass is 32.2. The Morgan fingerprint density at radius 1 is 1.45 bits per heavy atom. The van der Waals surface area contributed by atoms with E-state index in [4.69, 9.17) is 18.0 Å². The van der Waals surface area contributed by atoms with Crippen LogP contribution in [0.25, 0.3) is 0 Å². The predicted molar refractivity (Wildman–Crippen MR) is 93.8 cm³/mol. The van der Waals surface area contributed by atoms with E-state index in [2.05, 4.69) is 37.4 Å². The van der Waals surface area contributed by atoms with Crippen LogP contribution in [0.15, 0.2) is 23.1 Å². The second-order valence-corrected chi connectivity index (χ2v) is 7.20. The zero-order chi connectivity index (χ0) is 14.5. The Morgan fingerprint density at radius 2 is 2.15 bits per heavy atom. The van der Waals surface area contributed by atoms with Gasteiger partial charge in [-0.3, -0.25) is 0 Å². The highest BCUT2D eigenvalue weighted by Crippen LogP contribution is 2.32. The highest BCUT2D eigenvalue weighted by Gasteiger charge is 2.22.